The Morgan fingerprint density at radius 2 is 1.85 bits per heavy atom. The van der Waals surface area contributed by atoms with Crippen molar-refractivity contribution in [2.24, 2.45) is 0 Å². The SMILES string of the molecule is C[C@@]1(Cc2ccc(Cl)cc2)CCc2cc(C(=O)N(CC(=O)O)Cc3cccc(F)c3)ccc2O1. The van der Waals surface area contributed by atoms with Crippen LogP contribution in [-0.2, 0) is 24.2 Å². The molecule has 1 atom stereocenters. The van der Waals surface area contributed by atoms with Crippen LogP contribution in [-0.4, -0.2) is 34.0 Å². The van der Waals surface area contributed by atoms with Crippen LogP contribution in [0.1, 0.15) is 40.4 Å². The summed E-state index contributed by atoms with van der Waals surface area (Å²) in [5, 5.41) is 9.99. The number of carboxylic acid groups (broad SMARTS) is 1. The highest BCUT2D eigenvalue weighted by atomic mass is 35.5. The van der Waals surface area contributed by atoms with E-state index in [-0.39, 0.29) is 12.1 Å². The number of amides is 1. The molecule has 5 nitrogen and oxygen atoms in total. The Hall–Kier alpha value is -3.38. The summed E-state index contributed by atoms with van der Waals surface area (Å²) in [5.41, 5.74) is 2.54. The molecule has 34 heavy (non-hydrogen) atoms. The molecule has 3 aromatic rings. The summed E-state index contributed by atoms with van der Waals surface area (Å²) in [4.78, 5) is 25.8. The molecular formula is C27H25ClFNO4. The lowest BCUT2D eigenvalue weighted by molar-refractivity contribution is -0.137. The number of nitrogens with zero attached hydrogens (tertiary/aromatic N) is 1. The third kappa shape index (κ3) is 5.75. The second-order valence-electron chi connectivity index (χ2n) is 8.86. The zero-order valence-electron chi connectivity index (χ0n) is 18.8. The number of carboxylic acids is 1. The number of carbonyl (C=O) groups excluding carboxylic acids is 1. The van der Waals surface area contributed by atoms with E-state index in [0.29, 0.717) is 21.9 Å². The van der Waals surface area contributed by atoms with Crippen molar-refractivity contribution in [1.82, 2.24) is 4.90 Å². The van der Waals surface area contributed by atoms with Gasteiger partial charge in [-0.3, -0.25) is 9.59 Å². The van der Waals surface area contributed by atoms with E-state index < -0.39 is 24.2 Å². The van der Waals surface area contributed by atoms with Gasteiger partial charge >= 0.3 is 5.97 Å². The van der Waals surface area contributed by atoms with Gasteiger partial charge in [0.2, 0.25) is 0 Å². The number of ether oxygens (including phenoxy) is 1. The molecule has 176 valence electrons. The van der Waals surface area contributed by atoms with Crippen LogP contribution in [0.25, 0.3) is 0 Å². The van der Waals surface area contributed by atoms with E-state index in [1.54, 1.807) is 24.3 Å². The maximum Gasteiger partial charge on any atom is 0.323 e. The first-order valence-electron chi connectivity index (χ1n) is 11.0. The molecule has 1 N–H and O–H groups in total. The van der Waals surface area contributed by atoms with Gasteiger partial charge in [0.25, 0.3) is 5.91 Å². The Bertz CT molecular complexity index is 1210. The predicted molar refractivity (Wildman–Crippen MR) is 128 cm³/mol. The second-order valence-corrected chi connectivity index (χ2v) is 9.30. The van der Waals surface area contributed by atoms with Crippen molar-refractivity contribution in [2.45, 2.75) is 38.3 Å². The van der Waals surface area contributed by atoms with Gasteiger partial charge in [0.1, 0.15) is 23.7 Å². The number of hydrogen-bond donors (Lipinski definition) is 1. The van der Waals surface area contributed by atoms with Crippen LogP contribution in [0.3, 0.4) is 0 Å². The quantitative estimate of drug-likeness (QED) is 0.481. The number of carbonyl (C=O) groups is 2. The first kappa shape index (κ1) is 23.8. The van der Waals surface area contributed by atoms with Gasteiger partial charge in [0.15, 0.2) is 0 Å². The van der Waals surface area contributed by atoms with Crippen molar-refractivity contribution in [3.8, 4) is 5.75 Å². The van der Waals surface area contributed by atoms with Gasteiger partial charge in [-0.05, 0) is 78.9 Å². The lowest BCUT2D eigenvalue weighted by Crippen LogP contribution is -2.39. The zero-order chi connectivity index (χ0) is 24.3. The molecule has 0 saturated heterocycles. The molecule has 0 unspecified atom stereocenters. The van der Waals surface area contributed by atoms with E-state index in [0.717, 1.165) is 30.4 Å². The summed E-state index contributed by atoms with van der Waals surface area (Å²) in [6, 6.07) is 18.7. The number of aliphatic carboxylic acids is 1. The van der Waals surface area contributed by atoms with Gasteiger partial charge in [-0.2, -0.15) is 0 Å². The largest absolute Gasteiger partial charge is 0.487 e. The number of aryl methyl sites for hydroxylation is 1. The smallest absolute Gasteiger partial charge is 0.323 e. The van der Waals surface area contributed by atoms with Gasteiger partial charge < -0.3 is 14.7 Å². The number of rotatable bonds is 7. The summed E-state index contributed by atoms with van der Waals surface area (Å²) < 4.78 is 19.9. The Morgan fingerprint density at radius 3 is 2.56 bits per heavy atom. The van der Waals surface area contributed by atoms with Crippen LogP contribution >= 0.6 is 11.6 Å². The van der Waals surface area contributed by atoms with E-state index in [9.17, 15) is 19.1 Å². The molecule has 0 saturated carbocycles. The van der Waals surface area contributed by atoms with E-state index in [1.165, 1.54) is 23.1 Å². The van der Waals surface area contributed by atoms with Crippen LogP contribution in [0, 0.1) is 5.82 Å². The molecule has 3 aromatic carbocycles. The topological polar surface area (TPSA) is 66.8 Å². The fourth-order valence-electron chi connectivity index (χ4n) is 4.28. The van der Waals surface area contributed by atoms with Gasteiger partial charge in [0, 0.05) is 23.6 Å². The molecule has 0 aromatic heterocycles. The molecule has 1 heterocycles. The van der Waals surface area contributed by atoms with Crippen molar-refractivity contribution < 1.29 is 23.8 Å². The van der Waals surface area contributed by atoms with Crippen molar-refractivity contribution in [3.63, 3.8) is 0 Å². The summed E-state index contributed by atoms with van der Waals surface area (Å²) in [6.07, 6.45) is 2.22. The van der Waals surface area contributed by atoms with Crippen molar-refractivity contribution in [3.05, 3.63) is 99.8 Å². The van der Waals surface area contributed by atoms with Crippen molar-refractivity contribution in [1.29, 1.82) is 0 Å². The maximum atomic E-state index is 13.6. The number of hydrogen-bond acceptors (Lipinski definition) is 3. The number of fused-ring (bicyclic) bond motifs is 1. The lowest BCUT2D eigenvalue weighted by Gasteiger charge is -2.36. The van der Waals surface area contributed by atoms with Gasteiger partial charge in [-0.25, -0.2) is 4.39 Å². The summed E-state index contributed by atoms with van der Waals surface area (Å²) >= 11 is 5.99. The number of halogens is 2. The highest BCUT2D eigenvalue weighted by Gasteiger charge is 2.32. The molecule has 1 aliphatic heterocycles. The highest BCUT2D eigenvalue weighted by Crippen LogP contribution is 2.36. The van der Waals surface area contributed by atoms with Crippen LogP contribution in [0.5, 0.6) is 5.75 Å². The van der Waals surface area contributed by atoms with E-state index in [2.05, 4.69) is 6.92 Å². The molecular weight excluding hydrogens is 457 g/mol. The molecule has 1 aliphatic rings. The molecule has 7 heteroatoms. The van der Waals surface area contributed by atoms with E-state index in [1.807, 2.05) is 24.3 Å². The average Bonchev–Trinajstić information content (AvgIpc) is 2.79. The predicted octanol–water partition coefficient (Wildman–Crippen LogP) is 5.53. The summed E-state index contributed by atoms with van der Waals surface area (Å²) in [7, 11) is 0. The monoisotopic (exact) mass is 481 g/mol. The van der Waals surface area contributed by atoms with Crippen LogP contribution in [0.2, 0.25) is 5.02 Å². The van der Waals surface area contributed by atoms with Gasteiger partial charge in [-0.1, -0.05) is 35.9 Å². The minimum Gasteiger partial charge on any atom is -0.487 e. The molecule has 4 rings (SSSR count). The van der Waals surface area contributed by atoms with E-state index >= 15 is 0 Å². The Kier molecular flexibility index (Phi) is 6.89. The number of benzene rings is 3. The lowest BCUT2D eigenvalue weighted by atomic mass is 9.87. The standard InChI is InChI=1S/C27H25ClFNO4/c1-27(15-18-5-8-22(28)9-6-18)12-11-20-14-21(7-10-24(20)34-27)26(33)30(17-25(31)32)16-19-3-2-4-23(29)13-19/h2-10,13-14H,11-12,15-17H2,1H3,(H,31,32)/t27-/m0/s1. The van der Waals surface area contributed by atoms with E-state index in [4.69, 9.17) is 16.3 Å². The second kappa shape index (κ2) is 9.85. The third-order valence-corrected chi connectivity index (χ3v) is 6.21. The van der Waals surface area contributed by atoms with Crippen molar-refractivity contribution >= 4 is 23.5 Å². The third-order valence-electron chi connectivity index (χ3n) is 5.95. The van der Waals surface area contributed by atoms with Crippen LogP contribution in [0.15, 0.2) is 66.7 Å². The average molecular weight is 482 g/mol. The molecule has 0 spiro atoms. The molecule has 0 fully saturated rings. The first-order chi connectivity index (χ1) is 16.2. The summed E-state index contributed by atoms with van der Waals surface area (Å²) in [5.74, 6) is -1.28. The van der Waals surface area contributed by atoms with Gasteiger partial charge in [-0.15, -0.1) is 0 Å². The normalized spacial score (nSPS) is 16.9. The van der Waals surface area contributed by atoms with Gasteiger partial charge in [0.05, 0.1) is 0 Å². The minimum atomic E-state index is -1.14. The van der Waals surface area contributed by atoms with Crippen molar-refractivity contribution in [2.75, 3.05) is 6.54 Å². The zero-order valence-corrected chi connectivity index (χ0v) is 19.5. The molecule has 0 aliphatic carbocycles. The molecule has 1 amide bonds. The Labute approximate surface area is 202 Å². The Balaban J connectivity index is 1.51. The Morgan fingerprint density at radius 1 is 1.09 bits per heavy atom. The molecule has 0 bridgehead atoms. The van der Waals surface area contributed by atoms with Crippen LogP contribution in [0.4, 0.5) is 4.39 Å². The first-order valence-corrected chi connectivity index (χ1v) is 11.4. The highest BCUT2D eigenvalue weighted by molar-refractivity contribution is 6.30. The minimum absolute atomic E-state index is 0.00432. The summed E-state index contributed by atoms with van der Waals surface area (Å²) in [6.45, 7) is 1.58. The fraction of sp³-hybridized carbons (Fsp3) is 0.259. The molecule has 0 radical (unpaired) electrons. The van der Waals surface area contributed by atoms with Crippen LogP contribution < -0.4 is 4.74 Å². The fourth-order valence-corrected chi connectivity index (χ4v) is 4.41. The maximum absolute atomic E-state index is 13.6.